The van der Waals surface area contributed by atoms with Crippen molar-refractivity contribution in [3.8, 4) is 66.8 Å². The average molecular weight is 835 g/mol. The molecule has 0 N–H and O–H groups in total. The number of hydrogen-bond acceptors (Lipinski definition) is 0. The number of hydrogen-bond donors (Lipinski definition) is 0. The fraction of sp³-hybridized carbons (Fsp3) is 0.0303. The van der Waals surface area contributed by atoms with Crippen LogP contribution in [0.15, 0.2) is 243 Å². The van der Waals surface area contributed by atoms with E-state index >= 15 is 0 Å². The Balaban J connectivity index is 1.15. The molecule has 0 atom stereocenters. The third-order valence-corrected chi connectivity index (χ3v) is 14.8. The van der Waals surface area contributed by atoms with E-state index < -0.39 is 0 Å². The lowest BCUT2D eigenvalue weighted by molar-refractivity contribution is 0.759. The lowest BCUT2D eigenvalue weighted by atomic mass is 9.71. The van der Waals surface area contributed by atoms with Gasteiger partial charge in [-0.25, -0.2) is 0 Å². The lowest BCUT2D eigenvalue weighted by Crippen LogP contribution is -2.18. The Labute approximate surface area is 385 Å². The molecule has 0 aliphatic heterocycles. The first-order chi connectivity index (χ1) is 32.8. The van der Waals surface area contributed by atoms with Crippen molar-refractivity contribution in [1.82, 2.24) is 0 Å². The Morgan fingerprint density at radius 2 is 0.409 bits per heavy atom. The van der Waals surface area contributed by atoms with Gasteiger partial charge in [-0.15, -0.1) is 0 Å². The highest BCUT2D eigenvalue weighted by Crippen LogP contribution is 2.69. The standard InChI is InChI=1S/C66H42/c1-7-21-41(22-8-1)55-53-39-47-33-19-20-34-48(47)40-54(53)56(42-23-9-2-10-24-42)64-50-36-38-52-62-51(37-35-49(61(50)62)63(55)64)65-59(45-29-15-5-16-30-45)57(43-25-11-3-12-26-43)58(44-27-13-4-14-28-44)60(66(52)65)46-31-17-6-18-32-46/h1-40,61-62H. The molecule has 4 aliphatic rings. The zero-order valence-electron chi connectivity index (χ0n) is 36.2. The van der Waals surface area contributed by atoms with Crippen molar-refractivity contribution in [1.29, 1.82) is 0 Å². The van der Waals surface area contributed by atoms with Crippen LogP contribution < -0.4 is 0 Å². The van der Waals surface area contributed by atoms with Crippen LogP contribution >= 0.6 is 0 Å². The minimum Gasteiger partial charge on any atom is -0.0622 e. The van der Waals surface area contributed by atoms with Gasteiger partial charge in [-0.3, -0.25) is 0 Å². The SMILES string of the molecule is C1=C2c3c(c(-c4ccccc4)c(-c4ccccc4)c(-c4ccccc4)c3-c3ccccc3)C3=CC=C4c5c(c(-c6ccccc6)c6cc7ccccc7cc6c5-c5ccccc5)C(=C1)C4C23. The quantitative estimate of drug-likeness (QED) is 0.146. The molecule has 0 aromatic heterocycles. The average Bonchev–Trinajstić information content (AvgIpc) is 3.90. The summed E-state index contributed by atoms with van der Waals surface area (Å²) in [6.45, 7) is 0. The normalized spacial score (nSPS) is 16.2. The van der Waals surface area contributed by atoms with E-state index in [1.54, 1.807) is 0 Å². The zero-order chi connectivity index (χ0) is 43.3. The van der Waals surface area contributed by atoms with Crippen LogP contribution in [0.2, 0.25) is 0 Å². The van der Waals surface area contributed by atoms with Gasteiger partial charge in [0.2, 0.25) is 0 Å². The summed E-state index contributed by atoms with van der Waals surface area (Å²) in [6, 6.07) is 80.8. The van der Waals surface area contributed by atoms with Gasteiger partial charge in [0, 0.05) is 11.8 Å². The van der Waals surface area contributed by atoms with Gasteiger partial charge < -0.3 is 0 Å². The van der Waals surface area contributed by atoms with Gasteiger partial charge in [-0.2, -0.15) is 0 Å². The van der Waals surface area contributed by atoms with Gasteiger partial charge in [-0.05, 0) is 145 Å². The second-order valence-corrected chi connectivity index (χ2v) is 18.1. The first-order valence-corrected chi connectivity index (χ1v) is 23.3. The van der Waals surface area contributed by atoms with Crippen molar-refractivity contribution in [2.75, 3.05) is 0 Å². The number of benzene rings is 10. The van der Waals surface area contributed by atoms with Crippen LogP contribution in [0.25, 0.3) is 111 Å². The van der Waals surface area contributed by atoms with Gasteiger partial charge in [-0.1, -0.05) is 231 Å². The predicted molar refractivity (Wildman–Crippen MR) is 279 cm³/mol. The molecule has 306 valence electrons. The van der Waals surface area contributed by atoms with Crippen molar-refractivity contribution >= 4 is 43.8 Å². The molecular weight excluding hydrogens is 793 g/mol. The first kappa shape index (κ1) is 37.1. The molecule has 4 aliphatic carbocycles. The molecule has 0 amide bonds. The van der Waals surface area contributed by atoms with Gasteiger partial charge in [0.25, 0.3) is 0 Å². The molecule has 66 heavy (non-hydrogen) atoms. The van der Waals surface area contributed by atoms with Crippen molar-refractivity contribution in [3.05, 3.63) is 265 Å². The first-order valence-electron chi connectivity index (χ1n) is 23.3. The molecule has 0 saturated carbocycles. The van der Waals surface area contributed by atoms with E-state index in [1.807, 2.05) is 0 Å². The maximum absolute atomic E-state index is 2.52. The van der Waals surface area contributed by atoms with E-state index in [0.29, 0.717) is 0 Å². The highest BCUT2D eigenvalue weighted by atomic mass is 14.5. The third kappa shape index (κ3) is 5.33. The van der Waals surface area contributed by atoms with Gasteiger partial charge in [0.15, 0.2) is 0 Å². The molecule has 0 spiro atoms. The molecule has 0 bridgehead atoms. The molecule has 0 nitrogen and oxygen atoms in total. The van der Waals surface area contributed by atoms with Crippen LogP contribution in [0.1, 0.15) is 22.3 Å². The third-order valence-electron chi connectivity index (χ3n) is 14.8. The van der Waals surface area contributed by atoms with E-state index in [4.69, 9.17) is 0 Å². The molecule has 14 rings (SSSR count). The van der Waals surface area contributed by atoms with Crippen LogP contribution in [-0.4, -0.2) is 0 Å². The highest BCUT2D eigenvalue weighted by Gasteiger charge is 2.51. The fourth-order valence-electron chi connectivity index (χ4n) is 12.2. The topological polar surface area (TPSA) is 0 Å². The number of allylic oxidation sites excluding steroid dienone is 8. The van der Waals surface area contributed by atoms with Gasteiger partial charge >= 0.3 is 0 Å². The van der Waals surface area contributed by atoms with Crippen LogP contribution in [-0.2, 0) is 0 Å². The van der Waals surface area contributed by atoms with Crippen LogP contribution in [0.3, 0.4) is 0 Å². The molecule has 0 heterocycles. The molecule has 0 radical (unpaired) electrons. The van der Waals surface area contributed by atoms with E-state index in [9.17, 15) is 0 Å². The summed E-state index contributed by atoms with van der Waals surface area (Å²) in [5.74, 6) is 0.262. The summed E-state index contributed by atoms with van der Waals surface area (Å²) in [5.41, 5.74) is 26.4. The summed E-state index contributed by atoms with van der Waals surface area (Å²) in [4.78, 5) is 0. The number of fused-ring (bicyclic) bond motifs is 8. The lowest BCUT2D eigenvalue weighted by Gasteiger charge is -2.31. The maximum Gasteiger partial charge on any atom is 0.0212 e. The second-order valence-electron chi connectivity index (χ2n) is 18.1. The molecule has 0 unspecified atom stereocenters. The fourth-order valence-corrected chi connectivity index (χ4v) is 12.2. The minimum absolute atomic E-state index is 0.126. The summed E-state index contributed by atoms with van der Waals surface area (Å²) in [5, 5.41) is 5.12. The molecule has 10 aromatic rings. The van der Waals surface area contributed by atoms with Crippen molar-refractivity contribution in [3.63, 3.8) is 0 Å². The maximum atomic E-state index is 2.52. The van der Waals surface area contributed by atoms with Gasteiger partial charge in [0.1, 0.15) is 0 Å². The monoisotopic (exact) mass is 834 g/mol. The van der Waals surface area contributed by atoms with E-state index in [0.717, 1.165) is 0 Å². The minimum atomic E-state index is 0.126. The van der Waals surface area contributed by atoms with Crippen molar-refractivity contribution in [2.24, 2.45) is 11.8 Å². The summed E-state index contributed by atoms with van der Waals surface area (Å²) >= 11 is 0. The Kier molecular flexibility index (Phi) is 8.21. The molecular formula is C66H42. The number of rotatable bonds is 6. The molecule has 10 aromatic carbocycles. The summed E-state index contributed by atoms with van der Waals surface area (Å²) < 4.78 is 0. The zero-order valence-corrected chi connectivity index (χ0v) is 36.2. The molecule has 0 saturated heterocycles. The summed E-state index contributed by atoms with van der Waals surface area (Å²) in [6.07, 6.45) is 10.1. The van der Waals surface area contributed by atoms with Crippen LogP contribution in [0, 0.1) is 11.8 Å². The van der Waals surface area contributed by atoms with Crippen LogP contribution in [0.5, 0.6) is 0 Å². The Bertz CT molecular complexity index is 3490. The second kappa shape index (κ2) is 14.6. The van der Waals surface area contributed by atoms with Crippen molar-refractivity contribution in [2.45, 2.75) is 0 Å². The molecule has 0 heteroatoms. The van der Waals surface area contributed by atoms with E-state index in [1.165, 1.54) is 133 Å². The van der Waals surface area contributed by atoms with Gasteiger partial charge in [0.05, 0.1) is 0 Å². The van der Waals surface area contributed by atoms with Crippen molar-refractivity contribution < 1.29 is 0 Å². The van der Waals surface area contributed by atoms with Crippen LogP contribution in [0.4, 0.5) is 0 Å². The smallest absolute Gasteiger partial charge is 0.0212 e. The Morgan fingerprint density at radius 1 is 0.197 bits per heavy atom. The predicted octanol–water partition coefficient (Wildman–Crippen LogP) is 17.5. The molecule has 0 fully saturated rings. The Morgan fingerprint density at radius 3 is 0.682 bits per heavy atom. The largest absolute Gasteiger partial charge is 0.0622 e. The summed E-state index contributed by atoms with van der Waals surface area (Å²) in [7, 11) is 0. The Hall–Kier alpha value is -8.32. The highest BCUT2D eigenvalue weighted by molar-refractivity contribution is 6.24. The van der Waals surface area contributed by atoms with E-state index in [-0.39, 0.29) is 11.8 Å². The van der Waals surface area contributed by atoms with E-state index in [2.05, 4.69) is 243 Å².